The molecule has 3 heterocycles. The van der Waals surface area contributed by atoms with Gasteiger partial charge in [0.25, 0.3) is 5.91 Å². The Hall–Kier alpha value is -3.15. The highest BCUT2D eigenvalue weighted by molar-refractivity contribution is 6.30. The quantitative estimate of drug-likeness (QED) is 0.298. The Morgan fingerprint density at radius 3 is 2.49 bits per heavy atom. The van der Waals surface area contributed by atoms with E-state index in [-0.39, 0.29) is 41.8 Å². The van der Waals surface area contributed by atoms with Crippen molar-refractivity contribution in [3.05, 3.63) is 81.4 Å². The highest BCUT2D eigenvalue weighted by Crippen LogP contribution is 2.52. The molecule has 3 aromatic rings. The lowest BCUT2D eigenvalue weighted by atomic mass is 9.85. The fraction of sp³-hybridized carbons (Fsp3) is 0.419. The van der Waals surface area contributed by atoms with Crippen molar-refractivity contribution in [2.45, 2.75) is 62.9 Å². The Bertz CT molecular complexity index is 1530. The number of hydrogen-bond donors (Lipinski definition) is 2. The number of hydrogen-bond acceptors (Lipinski definition) is 7. The number of aromatic nitrogens is 2. The van der Waals surface area contributed by atoms with Crippen molar-refractivity contribution in [1.29, 1.82) is 0 Å². The minimum absolute atomic E-state index is 0.0191. The Morgan fingerprint density at radius 1 is 1.14 bits per heavy atom. The van der Waals surface area contributed by atoms with E-state index in [0.29, 0.717) is 52.9 Å². The summed E-state index contributed by atoms with van der Waals surface area (Å²) in [6, 6.07) is 10.4. The third kappa shape index (κ3) is 5.51. The summed E-state index contributed by atoms with van der Waals surface area (Å²) < 4.78 is 28.6. The van der Waals surface area contributed by atoms with Gasteiger partial charge in [0.15, 0.2) is 0 Å². The second-order valence-corrected chi connectivity index (χ2v) is 12.3. The van der Waals surface area contributed by atoms with Crippen LogP contribution in [0.15, 0.2) is 48.8 Å². The molecular formula is C31H31Cl2FN4O5. The van der Waals surface area contributed by atoms with Crippen LogP contribution in [0.1, 0.15) is 65.8 Å². The Kier molecular flexibility index (Phi) is 8.16. The van der Waals surface area contributed by atoms with Gasteiger partial charge in [-0.2, -0.15) is 0 Å². The molecule has 1 saturated heterocycles. The molecule has 1 saturated carbocycles. The van der Waals surface area contributed by atoms with Crippen LogP contribution in [0.2, 0.25) is 10.0 Å². The van der Waals surface area contributed by atoms with Gasteiger partial charge in [0.1, 0.15) is 11.9 Å². The van der Waals surface area contributed by atoms with Gasteiger partial charge in [0.05, 0.1) is 28.7 Å². The van der Waals surface area contributed by atoms with Gasteiger partial charge in [-0.1, -0.05) is 51.9 Å². The van der Waals surface area contributed by atoms with Crippen LogP contribution in [0.25, 0.3) is 11.1 Å². The number of nitrogens with zero attached hydrogens (tertiary/aromatic N) is 3. The van der Waals surface area contributed by atoms with Crippen LogP contribution in [-0.4, -0.2) is 57.4 Å². The van der Waals surface area contributed by atoms with Crippen molar-refractivity contribution in [3.8, 4) is 11.1 Å². The van der Waals surface area contributed by atoms with Crippen LogP contribution in [-0.2, 0) is 26.4 Å². The maximum Gasteiger partial charge on any atom is 0.285 e. The van der Waals surface area contributed by atoms with Crippen LogP contribution in [0.4, 0.5) is 4.48 Å². The number of halogens is 3. The minimum atomic E-state index is -2.23. The third-order valence-electron chi connectivity index (χ3n) is 8.70. The largest absolute Gasteiger partial charge is 0.388 e. The lowest BCUT2D eigenvalue weighted by molar-refractivity contribution is -0.264. The number of carbonyl (C=O) groups excluding carboxylic acids is 2. The molecule has 3 N–H and O–H groups in total. The second-order valence-electron chi connectivity index (χ2n) is 11.5. The maximum atomic E-state index is 16.6. The Balaban J connectivity index is 1.50. The van der Waals surface area contributed by atoms with E-state index in [0.717, 1.165) is 18.4 Å². The van der Waals surface area contributed by atoms with E-state index < -0.39 is 29.1 Å². The van der Waals surface area contributed by atoms with Gasteiger partial charge in [-0.3, -0.25) is 9.59 Å². The molecule has 6 rings (SSSR count). The Morgan fingerprint density at radius 2 is 1.86 bits per heavy atom. The smallest absolute Gasteiger partial charge is 0.285 e. The number of benzene rings is 2. The summed E-state index contributed by atoms with van der Waals surface area (Å²) in [5.41, 5.74) is 4.42. The van der Waals surface area contributed by atoms with E-state index in [1.54, 1.807) is 36.4 Å². The average Bonchev–Trinajstić information content (AvgIpc) is 3.77. The topological polar surface area (TPSA) is 128 Å². The molecule has 2 fully saturated rings. The normalized spacial score (nSPS) is 23.2. The number of amides is 2. The van der Waals surface area contributed by atoms with E-state index in [4.69, 9.17) is 38.4 Å². The highest BCUT2D eigenvalue weighted by Gasteiger charge is 2.60. The molecule has 0 radical (unpaired) electrons. The summed E-state index contributed by atoms with van der Waals surface area (Å²) in [5.74, 6) is -1.20. The molecular weight excluding hydrogens is 598 g/mol. The summed E-state index contributed by atoms with van der Waals surface area (Å²) in [6.45, 7) is 0.271. The summed E-state index contributed by atoms with van der Waals surface area (Å²) in [7, 11) is 0. The predicted molar refractivity (Wildman–Crippen MR) is 157 cm³/mol. The monoisotopic (exact) mass is 628 g/mol. The van der Waals surface area contributed by atoms with Gasteiger partial charge in [-0.25, -0.2) is 9.97 Å². The van der Waals surface area contributed by atoms with Crippen LogP contribution in [0, 0.1) is 5.41 Å². The molecule has 43 heavy (non-hydrogen) atoms. The van der Waals surface area contributed by atoms with Gasteiger partial charge in [-0.05, 0) is 60.9 Å². The van der Waals surface area contributed by atoms with Gasteiger partial charge in [-0.15, -0.1) is 5.12 Å². The fourth-order valence-corrected chi connectivity index (χ4v) is 6.24. The molecule has 9 nitrogen and oxygen atoms in total. The van der Waals surface area contributed by atoms with Crippen LogP contribution >= 0.6 is 23.2 Å². The molecule has 0 bridgehead atoms. The van der Waals surface area contributed by atoms with E-state index in [2.05, 4.69) is 9.97 Å². The number of aliphatic hydroxyl groups is 1. The Labute approximate surface area is 258 Å². The minimum Gasteiger partial charge on any atom is -0.388 e. The first kappa shape index (κ1) is 29.9. The summed E-state index contributed by atoms with van der Waals surface area (Å²) in [5, 5.41) is 12.6. The van der Waals surface area contributed by atoms with Crippen molar-refractivity contribution in [1.82, 2.24) is 15.1 Å². The maximum absolute atomic E-state index is 16.6. The second kappa shape index (κ2) is 11.7. The summed E-state index contributed by atoms with van der Waals surface area (Å²) in [4.78, 5) is 34.8. The van der Waals surface area contributed by atoms with Crippen molar-refractivity contribution in [2.24, 2.45) is 11.1 Å². The van der Waals surface area contributed by atoms with Gasteiger partial charge in [0.2, 0.25) is 11.6 Å². The molecule has 1 aliphatic carbocycles. The van der Waals surface area contributed by atoms with Crippen molar-refractivity contribution < 1.29 is 28.7 Å². The number of ether oxygens (including phenoxy) is 2. The number of aliphatic hydroxyl groups excluding tert-OH is 1. The molecule has 3 aliphatic rings. The standard InChI is InChI=1S/C31H31Cl2FN4O5/c32-19-6-4-18(5-7-19)22-8-9-24-27(23(22)14-26-36-15-20(33)16-37-26)28(40)38(34)31(24,43-17-30(10-11-30)29(35)41)25(39)13-21-3-1-2-12-42-21/h4-9,15-16,21,25,39H,1-3,10-14,17H2,(H2,35,41)/t21?,25?,31-/m1/s1. The number of nitrogens with two attached hydrogens (primary N) is 1. The van der Waals surface area contributed by atoms with E-state index in [9.17, 15) is 14.7 Å². The zero-order valence-corrected chi connectivity index (χ0v) is 24.8. The lowest BCUT2D eigenvalue weighted by Crippen LogP contribution is -2.53. The number of carbonyl (C=O) groups is 2. The first-order chi connectivity index (χ1) is 20.6. The summed E-state index contributed by atoms with van der Waals surface area (Å²) >= 11 is 12.1. The number of fused-ring (bicyclic) bond motifs is 1. The van der Waals surface area contributed by atoms with E-state index in [1.807, 2.05) is 0 Å². The number of rotatable bonds is 10. The average molecular weight is 630 g/mol. The predicted octanol–water partition coefficient (Wildman–Crippen LogP) is 5.14. The molecule has 2 amide bonds. The van der Waals surface area contributed by atoms with Crippen molar-refractivity contribution in [2.75, 3.05) is 13.2 Å². The van der Waals surface area contributed by atoms with Crippen LogP contribution < -0.4 is 5.73 Å². The molecule has 0 spiro atoms. The lowest BCUT2D eigenvalue weighted by Gasteiger charge is -2.39. The zero-order chi connectivity index (χ0) is 30.4. The highest BCUT2D eigenvalue weighted by atomic mass is 35.5. The molecule has 2 aromatic carbocycles. The first-order valence-corrected chi connectivity index (χ1v) is 15.0. The molecule has 12 heteroatoms. The number of primary amides is 1. The van der Waals surface area contributed by atoms with Gasteiger partial charge < -0.3 is 20.3 Å². The van der Waals surface area contributed by atoms with Crippen LogP contribution in [0.5, 0.6) is 0 Å². The van der Waals surface area contributed by atoms with Crippen molar-refractivity contribution >= 4 is 35.0 Å². The van der Waals surface area contributed by atoms with E-state index >= 15 is 4.48 Å². The van der Waals surface area contributed by atoms with Crippen LogP contribution in [0.3, 0.4) is 0 Å². The fourth-order valence-electron chi connectivity index (χ4n) is 6.02. The van der Waals surface area contributed by atoms with Gasteiger partial charge in [0, 0.05) is 42.4 Å². The van der Waals surface area contributed by atoms with E-state index in [1.165, 1.54) is 12.4 Å². The van der Waals surface area contributed by atoms with Crippen molar-refractivity contribution in [3.63, 3.8) is 0 Å². The first-order valence-electron chi connectivity index (χ1n) is 14.3. The molecule has 2 aliphatic heterocycles. The third-order valence-corrected chi connectivity index (χ3v) is 9.15. The molecule has 226 valence electrons. The molecule has 2 unspecified atom stereocenters. The zero-order valence-electron chi connectivity index (χ0n) is 23.3. The molecule has 3 atom stereocenters. The summed E-state index contributed by atoms with van der Waals surface area (Å²) in [6.07, 6.45) is 4.53. The SMILES string of the molecule is NC(=O)C1(CO[C@@]2(C(O)CC3CCCCO3)c3ccc(-c4ccc(Cl)cc4)c(Cc4ncc(Cl)cn4)c3C(=O)N2F)CC1. The van der Waals surface area contributed by atoms with Gasteiger partial charge >= 0.3 is 0 Å². The molecule has 1 aromatic heterocycles.